The monoisotopic (exact) mass is 266 g/mol. The van der Waals surface area contributed by atoms with E-state index in [2.05, 4.69) is 10.3 Å². The van der Waals surface area contributed by atoms with Crippen LogP contribution in [0.25, 0.3) is 10.9 Å². The molecule has 2 aromatic rings. The third kappa shape index (κ3) is 2.98. The average Bonchev–Trinajstić information content (AvgIpc) is 2.35. The highest BCUT2D eigenvalue weighted by atomic mass is 19.1. The molecular formula is C14H16F2N2O. The Hall–Kier alpha value is -1.75. The first kappa shape index (κ1) is 13.7. The van der Waals surface area contributed by atoms with Gasteiger partial charge in [-0.25, -0.2) is 13.8 Å². The number of rotatable bonds is 5. The van der Waals surface area contributed by atoms with Crippen LogP contribution >= 0.6 is 0 Å². The summed E-state index contributed by atoms with van der Waals surface area (Å²) in [4.78, 5) is 4.21. The minimum atomic E-state index is -0.631. The van der Waals surface area contributed by atoms with Gasteiger partial charge in [-0.1, -0.05) is 6.92 Å². The molecule has 0 amide bonds. The van der Waals surface area contributed by atoms with Gasteiger partial charge in [0.1, 0.15) is 11.6 Å². The van der Waals surface area contributed by atoms with Crippen molar-refractivity contribution in [2.24, 2.45) is 0 Å². The number of methoxy groups -OCH3 is 1. The van der Waals surface area contributed by atoms with Crippen LogP contribution in [0.15, 0.2) is 18.2 Å². The second-order valence-electron chi connectivity index (χ2n) is 4.30. The first-order valence-corrected chi connectivity index (χ1v) is 6.17. The van der Waals surface area contributed by atoms with Crippen LogP contribution in [0.4, 0.5) is 14.5 Å². The van der Waals surface area contributed by atoms with Crippen molar-refractivity contribution in [2.45, 2.75) is 20.0 Å². The summed E-state index contributed by atoms with van der Waals surface area (Å²) in [5.74, 6) is -1.24. The van der Waals surface area contributed by atoms with Gasteiger partial charge in [0.25, 0.3) is 0 Å². The number of ether oxygens (including phenoxy) is 1. The number of pyridine rings is 1. The fourth-order valence-electron chi connectivity index (χ4n) is 1.96. The maximum absolute atomic E-state index is 13.9. The quantitative estimate of drug-likeness (QED) is 0.899. The summed E-state index contributed by atoms with van der Waals surface area (Å²) in [7, 11) is 1.55. The summed E-state index contributed by atoms with van der Waals surface area (Å²) in [5.41, 5.74) is 1.56. The normalized spacial score (nSPS) is 10.9. The highest BCUT2D eigenvalue weighted by Crippen LogP contribution is 2.27. The molecule has 0 aliphatic carbocycles. The van der Waals surface area contributed by atoms with Crippen LogP contribution in [0.3, 0.4) is 0 Å². The number of hydrogen-bond donors (Lipinski definition) is 1. The number of hydrogen-bond acceptors (Lipinski definition) is 3. The van der Waals surface area contributed by atoms with Crippen molar-refractivity contribution in [3.8, 4) is 0 Å². The van der Waals surface area contributed by atoms with E-state index >= 15 is 0 Å². The SMILES string of the molecule is CCCNc1cc(COC)nc2cc(F)cc(F)c12. The van der Waals surface area contributed by atoms with Gasteiger partial charge >= 0.3 is 0 Å². The molecule has 1 aromatic carbocycles. The van der Waals surface area contributed by atoms with Crippen LogP contribution in [0.5, 0.6) is 0 Å². The van der Waals surface area contributed by atoms with Gasteiger partial charge in [-0.2, -0.15) is 0 Å². The Labute approximate surface area is 110 Å². The minimum absolute atomic E-state index is 0.297. The van der Waals surface area contributed by atoms with E-state index in [9.17, 15) is 8.78 Å². The molecule has 1 N–H and O–H groups in total. The second-order valence-corrected chi connectivity index (χ2v) is 4.30. The molecule has 19 heavy (non-hydrogen) atoms. The minimum Gasteiger partial charge on any atom is -0.384 e. The molecule has 0 fully saturated rings. The van der Waals surface area contributed by atoms with Gasteiger partial charge < -0.3 is 10.1 Å². The van der Waals surface area contributed by atoms with Crippen molar-refractivity contribution in [3.05, 3.63) is 35.5 Å². The Morgan fingerprint density at radius 2 is 2.05 bits per heavy atom. The zero-order valence-electron chi connectivity index (χ0n) is 11.0. The van der Waals surface area contributed by atoms with Crippen LogP contribution < -0.4 is 5.32 Å². The summed E-state index contributed by atoms with van der Waals surface area (Å²) >= 11 is 0. The molecule has 0 unspecified atom stereocenters. The number of nitrogens with zero attached hydrogens (tertiary/aromatic N) is 1. The fraction of sp³-hybridized carbons (Fsp3) is 0.357. The van der Waals surface area contributed by atoms with Crippen LogP contribution in [0.2, 0.25) is 0 Å². The molecule has 0 atom stereocenters. The van der Waals surface area contributed by atoms with Gasteiger partial charge in [0.15, 0.2) is 0 Å². The molecule has 102 valence electrons. The molecule has 0 saturated carbocycles. The first-order chi connectivity index (χ1) is 9.15. The van der Waals surface area contributed by atoms with E-state index in [-0.39, 0.29) is 0 Å². The van der Waals surface area contributed by atoms with Gasteiger partial charge in [0.05, 0.1) is 23.2 Å². The van der Waals surface area contributed by atoms with Crippen molar-refractivity contribution in [2.75, 3.05) is 19.0 Å². The highest BCUT2D eigenvalue weighted by molar-refractivity contribution is 5.92. The Bertz CT molecular complexity index is 587. The number of halogens is 2. The van der Waals surface area contributed by atoms with E-state index in [0.29, 0.717) is 35.4 Å². The first-order valence-electron chi connectivity index (χ1n) is 6.17. The van der Waals surface area contributed by atoms with Gasteiger partial charge in [0, 0.05) is 31.5 Å². The molecular weight excluding hydrogens is 250 g/mol. The fourth-order valence-corrected chi connectivity index (χ4v) is 1.96. The van der Waals surface area contributed by atoms with Crippen molar-refractivity contribution < 1.29 is 13.5 Å². The highest BCUT2D eigenvalue weighted by Gasteiger charge is 2.12. The summed E-state index contributed by atoms with van der Waals surface area (Å²) < 4.78 is 32.2. The van der Waals surface area contributed by atoms with Crippen molar-refractivity contribution in [3.63, 3.8) is 0 Å². The van der Waals surface area contributed by atoms with Crippen LogP contribution in [0, 0.1) is 11.6 Å². The lowest BCUT2D eigenvalue weighted by molar-refractivity contribution is 0.182. The summed E-state index contributed by atoms with van der Waals surface area (Å²) in [6.45, 7) is 3.03. The van der Waals surface area contributed by atoms with Crippen molar-refractivity contribution >= 4 is 16.6 Å². The van der Waals surface area contributed by atoms with Gasteiger partial charge in [-0.3, -0.25) is 0 Å². The molecule has 0 aliphatic rings. The molecule has 3 nitrogen and oxygen atoms in total. The Balaban J connectivity index is 2.60. The molecule has 0 bridgehead atoms. The van der Waals surface area contributed by atoms with Crippen LogP contribution in [0.1, 0.15) is 19.0 Å². The maximum Gasteiger partial charge on any atom is 0.137 e. The van der Waals surface area contributed by atoms with Crippen molar-refractivity contribution in [1.82, 2.24) is 4.98 Å². The van der Waals surface area contributed by atoms with E-state index in [0.717, 1.165) is 12.5 Å². The Kier molecular flexibility index (Phi) is 4.27. The lowest BCUT2D eigenvalue weighted by Gasteiger charge is -2.12. The van der Waals surface area contributed by atoms with Gasteiger partial charge in [-0.15, -0.1) is 0 Å². The average molecular weight is 266 g/mol. The molecule has 0 spiro atoms. The van der Waals surface area contributed by atoms with Crippen molar-refractivity contribution in [1.29, 1.82) is 0 Å². The lowest BCUT2D eigenvalue weighted by Crippen LogP contribution is -2.04. The molecule has 0 radical (unpaired) electrons. The molecule has 0 saturated heterocycles. The predicted octanol–water partition coefficient (Wildman–Crippen LogP) is 3.48. The Morgan fingerprint density at radius 1 is 1.26 bits per heavy atom. The topological polar surface area (TPSA) is 34.1 Å². The third-order valence-electron chi connectivity index (χ3n) is 2.74. The number of benzene rings is 1. The number of fused-ring (bicyclic) bond motifs is 1. The van der Waals surface area contributed by atoms with E-state index in [4.69, 9.17) is 4.74 Å². The molecule has 1 aromatic heterocycles. The zero-order valence-corrected chi connectivity index (χ0v) is 11.0. The van der Waals surface area contributed by atoms with E-state index in [1.807, 2.05) is 6.92 Å². The van der Waals surface area contributed by atoms with Crippen LogP contribution in [-0.2, 0) is 11.3 Å². The van der Waals surface area contributed by atoms with E-state index in [1.165, 1.54) is 6.07 Å². The third-order valence-corrected chi connectivity index (χ3v) is 2.74. The Morgan fingerprint density at radius 3 is 2.74 bits per heavy atom. The standard InChI is InChI=1S/C14H16F2N2O/c1-3-4-17-12-7-10(8-19-2)18-13-6-9(15)5-11(16)14(12)13/h5-7H,3-4,8H2,1-2H3,(H,17,18). The van der Waals surface area contributed by atoms with Crippen LogP contribution in [-0.4, -0.2) is 18.6 Å². The van der Waals surface area contributed by atoms with E-state index < -0.39 is 11.6 Å². The number of anilines is 1. The molecule has 2 rings (SSSR count). The lowest BCUT2D eigenvalue weighted by atomic mass is 10.1. The summed E-state index contributed by atoms with van der Waals surface area (Å²) in [6, 6.07) is 3.84. The summed E-state index contributed by atoms with van der Waals surface area (Å²) in [6.07, 6.45) is 0.909. The smallest absolute Gasteiger partial charge is 0.137 e. The summed E-state index contributed by atoms with van der Waals surface area (Å²) in [5, 5.41) is 3.45. The van der Waals surface area contributed by atoms with Gasteiger partial charge in [-0.05, 0) is 12.5 Å². The predicted molar refractivity (Wildman–Crippen MR) is 71.2 cm³/mol. The van der Waals surface area contributed by atoms with E-state index in [1.54, 1.807) is 13.2 Å². The maximum atomic E-state index is 13.9. The second kappa shape index (κ2) is 5.93. The largest absolute Gasteiger partial charge is 0.384 e. The number of aromatic nitrogens is 1. The zero-order chi connectivity index (χ0) is 13.8. The molecule has 5 heteroatoms. The molecule has 0 aliphatic heterocycles. The number of nitrogens with one attached hydrogen (secondary N) is 1. The molecule has 1 heterocycles. The van der Waals surface area contributed by atoms with Gasteiger partial charge in [0.2, 0.25) is 0 Å².